The zero-order chi connectivity index (χ0) is 13.5. The lowest BCUT2D eigenvalue weighted by Crippen LogP contribution is -2.11. The molecule has 0 aromatic heterocycles. The maximum Gasteiger partial charge on any atom is 0.155 e. The molecule has 2 atom stereocenters. The van der Waals surface area contributed by atoms with Crippen LogP contribution in [0.25, 0.3) is 0 Å². The summed E-state index contributed by atoms with van der Waals surface area (Å²) in [5.41, 5.74) is 4.12. The maximum absolute atomic E-state index is 5.61. The number of hydrogen-bond donors (Lipinski definition) is 0. The zero-order valence-electron chi connectivity index (χ0n) is 12.3. The molecule has 1 aromatic rings. The first kappa shape index (κ1) is 15.2. The molecular weight excluding hydrogens is 224 g/mol. The predicted molar refractivity (Wildman–Crippen MR) is 75.9 cm³/mol. The molecular formula is C16H26O2. The summed E-state index contributed by atoms with van der Waals surface area (Å²) in [6.07, 6.45) is 2.37. The van der Waals surface area contributed by atoms with E-state index in [4.69, 9.17) is 9.47 Å². The summed E-state index contributed by atoms with van der Waals surface area (Å²) in [6, 6.07) is 6.68. The van der Waals surface area contributed by atoms with Crippen molar-refractivity contribution in [3.8, 4) is 0 Å². The molecule has 1 aliphatic heterocycles. The minimum absolute atomic E-state index is 0.0234. The highest BCUT2D eigenvalue weighted by Gasteiger charge is 2.21. The highest BCUT2D eigenvalue weighted by atomic mass is 16.7. The van der Waals surface area contributed by atoms with E-state index in [1.54, 1.807) is 0 Å². The molecule has 0 amide bonds. The number of rotatable bonds is 3. The second kappa shape index (κ2) is 7.55. The number of ether oxygens (including phenoxy) is 2. The average molecular weight is 250 g/mol. The number of benzene rings is 1. The standard InChI is InChI=1S/C14H20O2.C2H6/c1-10-4-5-13(8-11(10)2)6-7-14-9-15-12(3)16-14;1-2/h4-5,8,12,14H,6-7,9H2,1-3H3;1-2H3. The van der Waals surface area contributed by atoms with Crippen molar-refractivity contribution >= 4 is 0 Å². The van der Waals surface area contributed by atoms with E-state index in [0.29, 0.717) is 0 Å². The molecule has 1 aliphatic rings. The van der Waals surface area contributed by atoms with Gasteiger partial charge in [0.2, 0.25) is 0 Å². The minimum atomic E-state index is -0.0234. The fourth-order valence-corrected chi connectivity index (χ4v) is 2.03. The van der Waals surface area contributed by atoms with Crippen LogP contribution < -0.4 is 0 Å². The van der Waals surface area contributed by atoms with Crippen molar-refractivity contribution in [2.45, 2.75) is 59.9 Å². The predicted octanol–water partition coefficient (Wildman–Crippen LogP) is 4.02. The Hall–Kier alpha value is -0.860. The molecule has 1 fully saturated rings. The first-order chi connectivity index (χ1) is 8.65. The molecule has 2 unspecified atom stereocenters. The van der Waals surface area contributed by atoms with E-state index in [9.17, 15) is 0 Å². The highest BCUT2D eigenvalue weighted by molar-refractivity contribution is 5.29. The third kappa shape index (κ3) is 4.43. The molecule has 0 saturated carbocycles. The van der Waals surface area contributed by atoms with Gasteiger partial charge in [-0.1, -0.05) is 32.0 Å². The van der Waals surface area contributed by atoms with Crippen LogP contribution in [0.3, 0.4) is 0 Å². The van der Waals surface area contributed by atoms with Crippen molar-refractivity contribution in [2.75, 3.05) is 6.61 Å². The van der Waals surface area contributed by atoms with Crippen LogP contribution in [0.4, 0.5) is 0 Å². The lowest BCUT2D eigenvalue weighted by atomic mass is 10.0. The van der Waals surface area contributed by atoms with Gasteiger partial charge < -0.3 is 9.47 Å². The number of hydrogen-bond acceptors (Lipinski definition) is 2. The van der Waals surface area contributed by atoms with Gasteiger partial charge in [-0.2, -0.15) is 0 Å². The first-order valence-electron chi connectivity index (χ1n) is 6.98. The third-order valence-electron chi connectivity index (χ3n) is 3.23. The van der Waals surface area contributed by atoms with Crippen molar-refractivity contribution in [3.63, 3.8) is 0 Å². The molecule has 2 nitrogen and oxygen atoms in total. The van der Waals surface area contributed by atoms with Crippen LogP contribution in [0.15, 0.2) is 18.2 Å². The lowest BCUT2D eigenvalue weighted by molar-refractivity contribution is -0.0430. The van der Waals surface area contributed by atoms with Gasteiger partial charge in [-0.15, -0.1) is 0 Å². The van der Waals surface area contributed by atoms with Gasteiger partial charge in [0.05, 0.1) is 12.7 Å². The molecule has 102 valence electrons. The second-order valence-corrected chi connectivity index (χ2v) is 4.62. The Morgan fingerprint density at radius 1 is 1.17 bits per heavy atom. The number of aryl methyl sites for hydroxylation is 3. The summed E-state index contributed by atoms with van der Waals surface area (Å²) in [7, 11) is 0. The fraction of sp³-hybridized carbons (Fsp3) is 0.625. The van der Waals surface area contributed by atoms with Crippen LogP contribution in [0, 0.1) is 13.8 Å². The van der Waals surface area contributed by atoms with Gasteiger partial charge in [-0.3, -0.25) is 0 Å². The molecule has 2 rings (SSSR count). The largest absolute Gasteiger partial charge is 0.350 e. The average Bonchev–Trinajstić information content (AvgIpc) is 2.79. The van der Waals surface area contributed by atoms with Gasteiger partial charge in [0, 0.05) is 0 Å². The molecule has 0 radical (unpaired) electrons. The second-order valence-electron chi connectivity index (χ2n) is 4.62. The Morgan fingerprint density at radius 2 is 1.89 bits per heavy atom. The van der Waals surface area contributed by atoms with E-state index in [1.807, 2.05) is 20.8 Å². The van der Waals surface area contributed by atoms with E-state index in [0.717, 1.165) is 19.4 Å². The van der Waals surface area contributed by atoms with Crippen LogP contribution >= 0.6 is 0 Å². The fourth-order valence-electron chi connectivity index (χ4n) is 2.03. The molecule has 0 N–H and O–H groups in total. The summed E-state index contributed by atoms with van der Waals surface area (Å²) in [5, 5.41) is 0. The summed E-state index contributed by atoms with van der Waals surface area (Å²) >= 11 is 0. The van der Waals surface area contributed by atoms with Crippen molar-refractivity contribution < 1.29 is 9.47 Å². The van der Waals surface area contributed by atoms with Gasteiger partial charge in [0.25, 0.3) is 0 Å². The first-order valence-corrected chi connectivity index (χ1v) is 6.98. The van der Waals surface area contributed by atoms with Gasteiger partial charge in [-0.25, -0.2) is 0 Å². The summed E-state index contributed by atoms with van der Waals surface area (Å²) < 4.78 is 11.0. The van der Waals surface area contributed by atoms with Gasteiger partial charge in [0.1, 0.15) is 0 Å². The molecule has 0 aliphatic carbocycles. The molecule has 2 heteroatoms. The van der Waals surface area contributed by atoms with E-state index in [2.05, 4.69) is 32.0 Å². The third-order valence-corrected chi connectivity index (χ3v) is 3.23. The molecule has 1 saturated heterocycles. The van der Waals surface area contributed by atoms with Crippen LogP contribution in [-0.4, -0.2) is 19.0 Å². The van der Waals surface area contributed by atoms with E-state index >= 15 is 0 Å². The van der Waals surface area contributed by atoms with Crippen molar-refractivity contribution in [1.82, 2.24) is 0 Å². The maximum atomic E-state index is 5.61. The van der Waals surface area contributed by atoms with E-state index in [1.165, 1.54) is 16.7 Å². The van der Waals surface area contributed by atoms with Crippen molar-refractivity contribution in [1.29, 1.82) is 0 Å². The molecule has 0 bridgehead atoms. The highest BCUT2D eigenvalue weighted by Crippen LogP contribution is 2.17. The lowest BCUT2D eigenvalue weighted by Gasteiger charge is -2.09. The Balaban J connectivity index is 0.000000771. The van der Waals surface area contributed by atoms with E-state index in [-0.39, 0.29) is 12.4 Å². The Bertz CT molecular complexity index is 360. The normalized spacial score (nSPS) is 22.5. The monoisotopic (exact) mass is 250 g/mol. The van der Waals surface area contributed by atoms with Crippen LogP contribution in [0.5, 0.6) is 0 Å². The Labute approximate surface area is 111 Å². The van der Waals surface area contributed by atoms with Gasteiger partial charge in [0.15, 0.2) is 6.29 Å². The molecule has 1 aromatic carbocycles. The Kier molecular flexibility index (Phi) is 6.37. The smallest absolute Gasteiger partial charge is 0.155 e. The molecule has 0 spiro atoms. The molecule has 1 heterocycles. The summed E-state index contributed by atoms with van der Waals surface area (Å²) in [6.45, 7) is 11.0. The van der Waals surface area contributed by atoms with Gasteiger partial charge in [-0.05, 0) is 50.3 Å². The van der Waals surface area contributed by atoms with Gasteiger partial charge >= 0.3 is 0 Å². The van der Waals surface area contributed by atoms with Crippen molar-refractivity contribution in [2.24, 2.45) is 0 Å². The summed E-state index contributed by atoms with van der Waals surface area (Å²) in [4.78, 5) is 0. The quantitative estimate of drug-likeness (QED) is 0.806. The molecule has 18 heavy (non-hydrogen) atoms. The Morgan fingerprint density at radius 3 is 2.44 bits per heavy atom. The van der Waals surface area contributed by atoms with Crippen LogP contribution in [0.1, 0.15) is 43.9 Å². The van der Waals surface area contributed by atoms with E-state index < -0.39 is 0 Å². The zero-order valence-corrected chi connectivity index (χ0v) is 12.3. The van der Waals surface area contributed by atoms with Crippen LogP contribution in [-0.2, 0) is 15.9 Å². The summed E-state index contributed by atoms with van der Waals surface area (Å²) in [5.74, 6) is 0. The minimum Gasteiger partial charge on any atom is -0.350 e. The SMILES string of the molecule is CC.Cc1ccc(CCC2COC(C)O2)cc1C. The van der Waals surface area contributed by atoms with Crippen molar-refractivity contribution in [3.05, 3.63) is 34.9 Å². The topological polar surface area (TPSA) is 18.5 Å². The van der Waals surface area contributed by atoms with Crippen LogP contribution in [0.2, 0.25) is 0 Å².